The van der Waals surface area contributed by atoms with Gasteiger partial charge in [-0.05, 0) is 32.1 Å². The number of unbranched alkanes of at least 4 members (excludes halogenated alkanes) is 2. The maximum Gasteiger partial charge on any atom is 0.168 e. The van der Waals surface area contributed by atoms with Crippen LogP contribution in [0.1, 0.15) is 104 Å². The van der Waals surface area contributed by atoms with E-state index in [0.717, 1.165) is 38.4 Å². The van der Waals surface area contributed by atoms with Gasteiger partial charge in [-0.1, -0.05) is 83.1 Å². The van der Waals surface area contributed by atoms with Crippen molar-refractivity contribution in [3.8, 4) is 0 Å². The maximum absolute atomic E-state index is 10.4. The molecule has 0 radical (unpaired) electrons. The highest BCUT2D eigenvalue weighted by molar-refractivity contribution is 5.76. The molecule has 0 spiro atoms. The summed E-state index contributed by atoms with van der Waals surface area (Å²) in [5.41, 5.74) is 0. The van der Waals surface area contributed by atoms with Crippen LogP contribution in [0.4, 0.5) is 0 Å². The van der Waals surface area contributed by atoms with E-state index in [1.165, 1.54) is 57.8 Å². The zero-order chi connectivity index (χ0) is 23.2. The molecule has 31 heavy (non-hydrogen) atoms. The Labute approximate surface area is 192 Å². The molecule has 2 aliphatic rings. The lowest BCUT2D eigenvalue weighted by Gasteiger charge is -2.28. The molecule has 0 N–H and O–H groups in total. The quantitative estimate of drug-likeness (QED) is 0.235. The second-order valence-corrected chi connectivity index (χ2v) is 8.69. The third-order valence-corrected chi connectivity index (χ3v) is 5.64. The van der Waals surface area contributed by atoms with Crippen molar-refractivity contribution in [2.24, 2.45) is 5.92 Å². The van der Waals surface area contributed by atoms with E-state index in [1.807, 2.05) is 18.2 Å². The SMILES string of the molecule is CC/C=C\C=C/CC(C)=O.CCCCCC1(CCCC2CCCC2)OCCO1.COC. The Morgan fingerprint density at radius 3 is 2.10 bits per heavy atom. The predicted octanol–water partition coefficient (Wildman–Crippen LogP) is 7.42. The molecule has 1 aliphatic heterocycles. The first-order valence-corrected chi connectivity index (χ1v) is 12.5. The first-order chi connectivity index (χ1) is 15.0. The van der Waals surface area contributed by atoms with Crippen LogP contribution in [0.15, 0.2) is 24.3 Å². The third-order valence-electron chi connectivity index (χ3n) is 5.64. The molecule has 1 saturated carbocycles. The summed E-state index contributed by atoms with van der Waals surface area (Å²) in [6.45, 7) is 7.53. The Morgan fingerprint density at radius 1 is 0.968 bits per heavy atom. The minimum atomic E-state index is -0.201. The van der Waals surface area contributed by atoms with Crippen molar-refractivity contribution in [3.05, 3.63) is 24.3 Å². The molecule has 0 atom stereocenters. The van der Waals surface area contributed by atoms with Gasteiger partial charge in [-0.3, -0.25) is 4.79 Å². The van der Waals surface area contributed by atoms with Crippen molar-refractivity contribution in [3.63, 3.8) is 0 Å². The third kappa shape index (κ3) is 17.3. The van der Waals surface area contributed by atoms with E-state index in [-0.39, 0.29) is 11.6 Å². The van der Waals surface area contributed by atoms with Gasteiger partial charge in [0.1, 0.15) is 5.78 Å². The lowest BCUT2D eigenvalue weighted by Crippen LogP contribution is -2.30. The Balaban J connectivity index is 0.000000588. The number of ketones is 1. The summed E-state index contributed by atoms with van der Waals surface area (Å²) in [7, 11) is 3.25. The fourth-order valence-corrected chi connectivity index (χ4v) is 4.04. The standard InChI is InChI=1S/C16H30O2.C9H14O.C2H6O/c1-2-3-6-11-16(17-13-14-18-16)12-7-10-15-8-4-5-9-15;1-3-4-5-6-7-8-9(2)10;1-3-2/h15H,2-14H2,1H3;4-7H,3,8H2,1-2H3;1-2H3/b;5-4-,7-6-;. The van der Waals surface area contributed by atoms with E-state index in [1.54, 1.807) is 21.1 Å². The number of carbonyl (C=O) groups is 1. The van der Waals surface area contributed by atoms with Crippen LogP contribution in [0.2, 0.25) is 0 Å². The van der Waals surface area contributed by atoms with Crippen molar-refractivity contribution in [2.75, 3.05) is 27.4 Å². The molecule has 0 aromatic rings. The number of hydrogen-bond donors (Lipinski definition) is 0. The van der Waals surface area contributed by atoms with Gasteiger partial charge in [0.25, 0.3) is 0 Å². The van der Waals surface area contributed by atoms with Crippen molar-refractivity contribution >= 4 is 5.78 Å². The van der Waals surface area contributed by atoms with E-state index >= 15 is 0 Å². The largest absolute Gasteiger partial charge is 0.388 e. The summed E-state index contributed by atoms with van der Waals surface area (Å²) >= 11 is 0. The smallest absolute Gasteiger partial charge is 0.168 e. The summed E-state index contributed by atoms with van der Waals surface area (Å²) in [6, 6.07) is 0. The van der Waals surface area contributed by atoms with Crippen LogP contribution >= 0.6 is 0 Å². The Kier molecular flexibility index (Phi) is 20.3. The van der Waals surface area contributed by atoms with Crippen molar-refractivity contribution in [1.82, 2.24) is 0 Å². The number of hydrogen-bond acceptors (Lipinski definition) is 4. The second-order valence-electron chi connectivity index (χ2n) is 8.69. The highest BCUT2D eigenvalue weighted by Gasteiger charge is 2.35. The average molecular weight is 439 g/mol. The molecule has 2 fully saturated rings. The van der Waals surface area contributed by atoms with Gasteiger partial charge in [-0.2, -0.15) is 0 Å². The number of carbonyl (C=O) groups excluding carboxylic acids is 1. The van der Waals surface area contributed by atoms with Gasteiger partial charge in [0.2, 0.25) is 0 Å². The van der Waals surface area contributed by atoms with Gasteiger partial charge < -0.3 is 14.2 Å². The maximum atomic E-state index is 10.4. The first-order valence-electron chi connectivity index (χ1n) is 12.5. The monoisotopic (exact) mass is 438 g/mol. The summed E-state index contributed by atoms with van der Waals surface area (Å²) in [5.74, 6) is 1.01. The van der Waals surface area contributed by atoms with Gasteiger partial charge in [-0.15, -0.1) is 0 Å². The van der Waals surface area contributed by atoms with Gasteiger partial charge in [-0.25, -0.2) is 0 Å². The molecule has 1 aliphatic carbocycles. The molecular formula is C27H50O4. The fraction of sp³-hybridized carbons (Fsp3) is 0.815. The molecule has 1 saturated heterocycles. The minimum Gasteiger partial charge on any atom is -0.388 e. The van der Waals surface area contributed by atoms with E-state index in [2.05, 4.69) is 24.7 Å². The number of allylic oxidation sites excluding steroid dienone is 4. The molecule has 0 amide bonds. The number of rotatable bonds is 12. The van der Waals surface area contributed by atoms with E-state index in [9.17, 15) is 4.79 Å². The number of ether oxygens (including phenoxy) is 3. The highest BCUT2D eigenvalue weighted by atomic mass is 16.7. The second kappa shape index (κ2) is 20.9. The Bertz CT molecular complexity index is 458. The van der Waals surface area contributed by atoms with Gasteiger partial charge in [0, 0.05) is 33.5 Å². The molecule has 0 aromatic carbocycles. The Morgan fingerprint density at radius 2 is 1.55 bits per heavy atom. The lowest BCUT2D eigenvalue weighted by atomic mass is 9.96. The predicted molar refractivity (Wildman–Crippen MR) is 131 cm³/mol. The normalized spacial score (nSPS) is 18.1. The van der Waals surface area contributed by atoms with Gasteiger partial charge in [0.15, 0.2) is 5.79 Å². The Hall–Kier alpha value is -0.970. The van der Waals surface area contributed by atoms with Crippen LogP contribution in [-0.4, -0.2) is 39.0 Å². The molecule has 182 valence electrons. The molecular weight excluding hydrogens is 388 g/mol. The van der Waals surface area contributed by atoms with E-state index < -0.39 is 0 Å². The zero-order valence-electron chi connectivity index (χ0n) is 21.1. The molecule has 0 unspecified atom stereocenters. The minimum absolute atomic E-state index is 0.201. The average Bonchev–Trinajstić information content (AvgIpc) is 3.42. The summed E-state index contributed by atoms with van der Waals surface area (Å²) in [5, 5.41) is 0. The van der Waals surface area contributed by atoms with Crippen LogP contribution in [-0.2, 0) is 19.0 Å². The summed E-state index contributed by atoms with van der Waals surface area (Å²) in [4.78, 5) is 10.4. The van der Waals surface area contributed by atoms with E-state index in [0.29, 0.717) is 6.42 Å². The summed E-state index contributed by atoms with van der Waals surface area (Å²) < 4.78 is 16.1. The van der Waals surface area contributed by atoms with Gasteiger partial charge in [0.05, 0.1) is 13.2 Å². The van der Waals surface area contributed by atoms with E-state index in [4.69, 9.17) is 9.47 Å². The molecule has 1 heterocycles. The van der Waals surface area contributed by atoms with Crippen LogP contribution in [0.3, 0.4) is 0 Å². The lowest BCUT2D eigenvalue weighted by molar-refractivity contribution is -0.169. The summed E-state index contributed by atoms with van der Waals surface area (Å²) in [6.07, 6.45) is 24.0. The topological polar surface area (TPSA) is 44.8 Å². The first kappa shape index (κ1) is 30.0. The molecule has 0 aromatic heterocycles. The fourth-order valence-electron chi connectivity index (χ4n) is 4.04. The van der Waals surface area contributed by atoms with Crippen molar-refractivity contribution in [1.29, 1.82) is 0 Å². The molecule has 0 bridgehead atoms. The highest BCUT2D eigenvalue weighted by Crippen LogP contribution is 2.34. The van der Waals surface area contributed by atoms with Crippen LogP contribution < -0.4 is 0 Å². The van der Waals surface area contributed by atoms with Crippen molar-refractivity contribution in [2.45, 2.75) is 110 Å². The molecule has 4 nitrogen and oxygen atoms in total. The van der Waals surface area contributed by atoms with Crippen molar-refractivity contribution < 1.29 is 19.0 Å². The number of methoxy groups -OCH3 is 1. The van der Waals surface area contributed by atoms with Crippen LogP contribution in [0.25, 0.3) is 0 Å². The number of Topliss-reactive ketones (excluding diaryl/α,β-unsaturated/α-hetero) is 1. The van der Waals surface area contributed by atoms with Crippen LogP contribution in [0, 0.1) is 5.92 Å². The van der Waals surface area contributed by atoms with Crippen LogP contribution in [0.5, 0.6) is 0 Å². The molecule has 2 rings (SSSR count). The zero-order valence-corrected chi connectivity index (χ0v) is 21.1. The molecule has 4 heteroatoms. The van der Waals surface area contributed by atoms with Gasteiger partial charge >= 0.3 is 0 Å².